The number of nitrogens with two attached hydrogens (primary N) is 1. The molecule has 0 aromatic heterocycles. The summed E-state index contributed by atoms with van der Waals surface area (Å²) < 4.78 is 22.2. The van der Waals surface area contributed by atoms with Gasteiger partial charge in [0.25, 0.3) is 0 Å². The van der Waals surface area contributed by atoms with E-state index in [0.717, 1.165) is 5.56 Å². The molecule has 1 aromatic rings. The maximum Gasteiger partial charge on any atom is 0.241 e. The zero-order chi connectivity index (χ0) is 14.6. The largest absolute Gasteiger partial charge is 0.354 e. The van der Waals surface area contributed by atoms with E-state index in [2.05, 4.69) is 10.6 Å². The summed E-state index contributed by atoms with van der Waals surface area (Å²) in [5, 5.41) is 10.9. The molecule has 20 heavy (non-hydrogen) atoms. The highest BCUT2D eigenvalue weighted by Gasteiger charge is 2.16. The highest BCUT2D eigenvalue weighted by atomic mass is 32.2. The summed E-state index contributed by atoms with van der Waals surface area (Å²) in [4.78, 5) is 11.8. The van der Waals surface area contributed by atoms with Gasteiger partial charge in [0.1, 0.15) is 6.04 Å². The molecule has 0 radical (unpaired) electrons. The van der Waals surface area contributed by atoms with Crippen LogP contribution in [-0.2, 0) is 21.2 Å². The molecule has 2 rings (SSSR count). The first-order valence-corrected chi connectivity index (χ1v) is 7.81. The van der Waals surface area contributed by atoms with Gasteiger partial charge in [-0.1, -0.05) is 24.3 Å². The van der Waals surface area contributed by atoms with Crippen LogP contribution in [0.3, 0.4) is 0 Å². The van der Waals surface area contributed by atoms with Gasteiger partial charge in [-0.15, -0.1) is 0 Å². The van der Waals surface area contributed by atoms with E-state index in [0.29, 0.717) is 19.5 Å². The third-order valence-electron chi connectivity index (χ3n) is 3.03. The normalized spacial score (nSPS) is 18.1. The molecule has 0 spiro atoms. The van der Waals surface area contributed by atoms with Crippen LogP contribution < -0.4 is 15.8 Å². The zero-order valence-corrected chi connectivity index (χ0v) is 11.7. The van der Waals surface area contributed by atoms with E-state index < -0.39 is 10.0 Å². The molecule has 0 bridgehead atoms. The first-order valence-electron chi connectivity index (χ1n) is 6.26. The minimum atomic E-state index is -3.65. The molecule has 1 aliphatic heterocycles. The molecule has 0 aliphatic carbocycles. The molecular weight excluding hydrogens is 278 g/mol. The van der Waals surface area contributed by atoms with Crippen molar-refractivity contribution in [2.45, 2.75) is 17.4 Å². The summed E-state index contributed by atoms with van der Waals surface area (Å²) in [5.74, 6) is -0.0556. The Labute approximate surface area is 118 Å². The Morgan fingerprint density at radius 1 is 1.35 bits per heavy atom. The van der Waals surface area contributed by atoms with Gasteiger partial charge in [0.05, 0.1) is 4.90 Å². The highest BCUT2D eigenvalue weighted by Crippen LogP contribution is 2.08. The van der Waals surface area contributed by atoms with Gasteiger partial charge in [0.15, 0.2) is 0 Å². The number of carbonyl (C=O) groups excluding carboxylic acids is 1. The number of amides is 1. The lowest BCUT2D eigenvalue weighted by Crippen LogP contribution is -2.41. The average molecular weight is 295 g/mol. The number of hydrogen-bond acceptors (Lipinski definition) is 4. The summed E-state index contributed by atoms with van der Waals surface area (Å²) >= 11 is 0. The van der Waals surface area contributed by atoms with Crippen molar-refractivity contribution < 1.29 is 13.2 Å². The van der Waals surface area contributed by atoms with Crippen LogP contribution in [0.25, 0.3) is 0 Å². The van der Waals surface area contributed by atoms with Crippen LogP contribution in [-0.4, -0.2) is 33.5 Å². The smallest absolute Gasteiger partial charge is 0.241 e. The molecule has 1 atom stereocenters. The first-order chi connectivity index (χ1) is 9.47. The molecule has 4 N–H and O–H groups in total. The predicted octanol–water partition coefficient (Wildman–Crippen LogP) is -0.479. The Morgan fingerprint density at radius 2 is 2.05 bits per heavy atom. The summed E-state index contributed by atoms with van der Waals surface area (Å²) in [6.45, 7) is 1.21. The van der Waals surface area contributed by atoms with Crippen molar-refractivity contribution in [3.05, 3.63) is 42.0 Å². The van der Waals surface area contributed by atoms with Crippen LogP contribution in [0.1, 0.15) is 5.56 Å². The second-order valence-corrected chi connectivity index (χ2v) is 6.11. The highest BCUT2D eigenvalue weighted by molar-refractivity contribution is 7.89. The molecule has 7 heteroatoms. The van der Waals surface area contributed by atoms with Crippen LogP contribution in [0.2, 0.25) is 0 Å². The van der Waals surface area contributed by atoms with Crippen LogP contribution >= 0.6 is 0 Å². The minimum Gasteiger partial charge on any atom is -0.354 e. The Morgan fingerprint density at radius 3 is 2.60 bits per heavy atom. The van der Waals surface area contributed by atoms with Crippen molar-refractivity contribution in [3.63, 3.8) is 0 Å². The SMILES string of the molecule is NS(=O)(=O)c1ccc(CCNC(=O)[C@@H]2C=CCN2)cc1. The van der Waals surface area contributed by atoms with Gasteiger partial charge in [0.2, 0.25) is 15.9 Å². The Kier molecular flexibility index (Phi) is 4.53. The van der Waals surface area contributed by atoms with E-state index in [-0.39, 0.29) is 16.8 Å². The lowest BCUT2D eigenvalue weighted by molar-refractivity contribution is -0.121. The standard InChI is InChI=1S/C13H17N3O3S/c14-20(18,19)11-5-3-10(4-6-11)7-9-16-13(17)12-2-1-8-15-12/h1-6,12,15H,7-9H2,(H,16,17)(H2,14,18,19)/t12-/m0/s1. The number of carbonyl (C=O) groups is 1. The third kappa shape index (κ3) is 3.89. The number of nitrogens with one attached hydrogen (secondary N) is 2. The summed E-state index contributed by atoms with van der Waals surface area (Å²) in [5.41, 5.74) is 0.938. The van der Waals surface area contributed by atoms with Gasteiger partial charge < -0.3 is 5.32 Å². The van der Waals surface area contributed by atoms with Crippen molar-refractivity contribution in [3.8, 4) is 0 Å². The fraction of sp³-hybridized carbons (Fsp3) is 0.308. The summed E-state index contributed by atoms with van der Waals surface area (Å²) in [6, 6.07) is 6.07. The number of primary sulfonamides is 1. The maximum absolute atomic E-state index is 11.7. The number of hydrogen-bond donors (Lipinski definition) is 3. The van der Waals surface area contributed by atoms with Crippen molar-refractivity contribution in [2.75, 3.05) is 13.1 Å². The van der Waals surface area contributed by atoms with E-state index in [4.69, 9.17) is 5.14 Å². The van der Waals surface area contributed by atoms with Crippen LogP contribution in [0.5, 0.6) is 0 Å². The van der Waals surface area contributed by atoms with Gasteiger partial charge in [-0.2, -0.15) is 0 Å². The van der Waals surface area contributed by atoms with Crippen LogP contribution in [0.15, 0.2) is 41.3 Å². The third-order valence-corrected chi connectivity index (χ3v) is 3.96. The quantitative estimate of drug-likeness (QED) is 0.639. The zero-order valence-electron chi connectivity index (χ0n) is 10.9. The first kappa shape index (κ1) is 14.7. The van der Waals surface area contributed by atoms with Gasteiger partial charge in [-0.3, -0.25) is 10.1 Å². The average Bonchev–Trinajstić information content (AvgIpc) is 2.92. The topological polar surface area (TPSA) is 101 Å². The second kappa shape index (κ2) is 6.17. The van der Waals surface area contributed by atoms with Gasteiger partial charge in [0, 0.05) is 13.1 Å². The van der Waals surface area contributed by atoms with E-state index >= 15 is 0 Å². The summed E-state index contributed by atoms with van der Waals surface area (Å²) in [6.07, 6.45) is 4.37. The Hall–Kier alpha value is -1.70. The minimum absolute atomic E-state index is 0.0556. The van der Waals surface area contributed by atoms with Crippen LogP contribution in [0, 0.1) is 0 Å². The van der Waals surface area contributed by atoms with E-state index in [9.17, 15) is 13.2 Å². The van der Waals surface area contributed by atoms with Crippen LogP contribution in [0.4, 0.5) is 0 Å². The molecule has 0 fully saturated rings. The lowest BCUT2D eigenvalue weighted by Gasteiger charge is -2.10. The molecule has 6 nitrogen and oxygen atoms in total. The van der Waals surface area contributed by atoms with Gasteiger partial charge in [-0.25, -0.2) is 13.6 Å². The molecule has 0 saturated carbocycles. The van der Waals surface area contributed by atoms with Crippen molar-refractivity contribution in [2.24, 2.45) is 5.14 Å². The van der Waals surface area contributed by atoms with Crippen molar-refractivity contribution >= 4 is 15.9 Å². The van der Waals surface area contributed by atoms with E-state index in [1.807, 2.05) is 12.2 Å². The number of rotatable bonds is 5. The molecule has 108 valence electrons. The van der Waals surface area contributed by atoms with E-state index in [1.165, 1.54) is 12.1 Å². The molecular formula is C13H17N3O3S. The molecule has 1 amide bonds. The van der Waals surface area contributed by atoms with Gasteiger partial charge in [-0.05, 0) is 24.1 Å². The summed E-state index contributed by atoms with van der Waals surface area (Å²) in [7, 11) is -3.65. The monoisotopic (exact) mass is 295 g/mol. The Balaban J connectivity index is 1.82. The fourth-order valence-electron chi connectivity index (χ4n) is 1.93. The fourth-order valence-corrected chi connectivity index (χ4v) is 2.45. The molecule has 0 saturated heterocycles. The molecule has 1 aliphatic rings. The molecule has 1 heterocycles. The number of benzene rings is 1. The predicted molar refractivity (Wildman–Crippen MR) is 75.5 cm³/mol. The van der Waals surface area contributed by atoms with Gasteiger partial charge >= 0.3 is 0 Å². The maximum atomic E-state index is 11.7. The number of sulfonamides is 1. The lowest BCUT2D eigenvalue weighted by atomic mass is 10.1. The second-order valence-electron chi connectivity index (χ2n) is 4.54. The molecule has 1 aromatic carbocycles. The van der Waals surface area contributed by atoms with Crippen molar-refractivity contribution in [1.82, 2.24) is 10.6 Å². The van der Waals surface area contributed by atoms with E-state index in [1.54, 1.807) is 12.1 Å². The Bertz CT molecular complexity index is 608. The molecule has 0 unspecified atom stereocenters. The van der Waals surface area contributed by atoms with Crippen molar-refractivity contribution in [1.29, 1.82) is 0 Å².